The second-order valence-electron chi connectivity index (χ2n) is 7.69. The number of aryl methyl sites for hydroxylation is 1. The number of benzene rings is 3. The lowest BCUT2D eigenvalue weighted by Crippen LogP contribution is -2.20. The molecule has 2 heterocycles. The average molecular weight is 425 g/mol. The van der Waals surface area contributed by atoms with Crippen LogP contribution in [0, 0.1) is 6.92 Å². The molecule has 1 atom stereocenters. The Hall–Kier alpha value is -4.06. The number of hydrogen-bond donors (Lipinski definition) is 1. The molecule has 0 spiro atoms. The first-order valence-electron chi connectivity index (χ1n) is 10.5. The fraction of sp³-hybridized carbons (Fsp3) is 0.154. The Kier molecular flexibility index (Phi) is 5.11. The van der Waals surface area contributed by atoms with Crippen LogP contribution >= 0.6 is 0 Å². The molecular weight excluding hydrogens is 400 g/mol. The topological polar surface area (TPSA) is 61.2 Å². The van der Waals surface area contributed by atoms with E-state index in [2.05, 4.69) is 36.5 Å². The van der Waals surface area contributed by atoms with E-state index in [0.717, 1.165) is 33.9 Å². The molecule has 3 aromatic carbocycles. The third-order valence-electron chi connectivity index (χ3n) is 5.63. The van der Waals surface area contributed by atoms with Crippen molar-refractivity contribution in [3.63, 3.8) is 0 Å². The molecule has 0 fully saturated rings. The maximum absolute atomic E-state index is 5.66. The Bertz CT molecular complexity index is 1270. The molecule has 0 radical (unpaired) electrons. The van der Waals surface area contributed by atoms with Crippen LogP contribution in [0.3, 0.4) is 0 Å². The molecule has 0 aliphatic carbocycles. The average Bonchev–Trinajstić information content (AvgIpc) is 3.28. The third-order valence-corrected chi connectivity index (χ3v) is 5.63. The van der Waals surface area contributed by atoms with E-state index < -0.39 is 0 Å². The zero-order valence-corrected chi connectivity index (χ0v) is 18.2. The van der Waals surface area contributed by atoms with E-state index in [1.807, 2.05) is 59.3 Å². The highest BCUT2D eigenvalue weighted by atomic mass is 16.5. The van der Waals surface area contributed by atoms with Gasteiger partial charge in [0.1, 0.15) is 17.5 Å². The Morgan fingerprint density at radius 1 is 0.844 bits per heavy atom. The predicted molar refractivity (Wildman–Crippen MR) is 126 cm³/mol. The second kappa shape index (κ2) is 8.23. The minimum absolute atomic E-state index is 0.175. The number of nitrogens with one attached hydrogen (secondary N) is 1. The fourth-order valence-corrected chi connectivity index (χ4v) is 3.89. The molecule has 1 aromatic heterocycles. The van der Waals surface area contributed by atoms with Crippen molar-refractivity contribution in [3.05, 3.63) is 95.6 Å². The first-order chi connectivity index (χ1) is 15.7. The van der Waals surface area contributed by atoms with Crippen molar-refractivity contribution in [1.29, 1.82) is 0 Å². The normalized spacial score (nSPS) is 14.8. The maximum atomic E-state index is 5.66. The molecule has 0 amide bonds. The van der Waals surface area contributed by atoms with Crippen LogP contribution in [0.25, 0.3) is 17.1 Å². The van der Waals surface area contributed by atoms with Crippen LogP contribution in [-0.2, 0) is 0 Å². The predicted octanol–water partition coefficient (Wildman–Crippen LogP) is 5.33. The van der Waals surface area contributed by atoms with E-state index in [0.29, 0.717) is 11.8 Å². The number of methoxy groups -OCH3 is 2. The molecule has 4 aromatic rings. The zero-order valence-electron chi connectivity index (χ0n) is 18.2. The number of hydrogen-bond acceptors (Lipinski definition) is 5. The van der Waals surface area contributed by atoms with Crippen LogP contribution < -0.4 is 14.8 Å². The molecule has 6 nitrogen and oxygen atoms in total. The van der Waals surface area contributed by atoms with Crippen molar-refractivity contribution >= 4 is 11.6 Å². The summed E-state index contributed by atoms with van der Waals surface area (Å²) in [6.07, 6.45) is 2.15. The van der Waals surface area contributed by atoms with E-state index in [1.54, 1.807) is 14.2 Å². The molecule has 1 aliphatic heterocycles. The van der Waals surface area contributed by atoms with Gasteiger partial charge in [-0.2, -0.15) is 4.98 Å². The number of anilines is 1. The summed E-state index contributed by atoms with van der Waals surface area (Å²) >= 11 is 0. The molecule has 1 unspecified atom stereocenters. The van der Waals surface area contributed by atoms with E-state index in [4.69, 9.17) is 19.6 Å². The summed E-state index contributed by atoms with van der Waals surface area (Å²) in [5.74, 6) is 2.99. The van der Waals surface area contributed by atoms with Crippen molar-refractivity contribution in [2.75, 3.05) is 19.5 Å². The summed E-state index contributed by atoms with van der Waals surface area (Å²) in [4.78, 5) is 4.83. The largest absolute Gasteiger partial charge is 0.497 e. The summed E-state index contributed by atoms with van der Waals surface area (Å²) in [7, 11) is 3.36. The quantitative estimate of drug-likeness (QED) is 0.469. The van der Waals surface area contributed by atoms with Gasteiger partial charge in [-0.25, -0.2) is 4.68 Å². The minimum atomic E-state index is -0.175. The molecule has 32 heavy (non-hydrogen) atoms. The van der Waals surface area contributed by atoms with Crippen LogP contribution in [0.5, 0.6) is 11.5 Å². The van der Waals surface area contributed by atoms with Gasteiger partial charge >= 0.3 is 0 Å². The fourth-order valence-electron chi connectivity index (χ4n) is 3.89. The van der Waals surface area contributed by atoms with Crippen molar-refractivity contribution in [1.82, 2.24) is 14.8 Å². The molecule has 1 aliphatic rings. The van der Waals surface area contributed by atoms with E-state index in [9.17, 15) is 0 Å². The van der Waals surface area contributed by atoms with E-state index in [1.165, 1.54) is 5.56 Å². The lowest BCUT2D eigenvalue weighted by molar-refractivity contribution is 0.404. The summed E-state index contributed by atoms with van der Waals surface area (Å²) in [5, 5.41) is 8.32. The molecule has 160 valence electrons. The van der Waals surface area contributed by atoms with Gasteiger partial charge in [0.15, 0.2) is 5.82 Å². The number of para-hydroxylation sites is 1. The van der Waals surface area contributed by atoms with Crippen LogP contribution in [-0.4, -0.2) is 29.0 Å². The van der Waals surface area contributed by atoms with Crippen molar-refractivity contribution in [2.24, 2.45) is 0 Å². The first-order valence-corrected chi connectivity index (χ1v) is 10.5. The van der Waals surface area contributed by atoms with E-state index in [-0.39, 0.29) is 6.04 Å². The number of fused-ring (bicyclic) bond motifs is 1. The smallest absolute Gasteiger partial charge is 0.227 e. The summed E-state index contributed by atoms with van der Waals surface area (Å²) in [6, 6.07) is 24.0. The zero-order chi connectivity index (χ0) is 22.1. The molecule has 5 rings (SSSR count). The Morgan fingerprint density at radius 3 is 2.28 bits per heavy atom. The molecular formula is C26H24N4O2. The van der Waals surface area contributed by atoms with E-state index >= 15 is 0 Å². The lowest BCUT2D eigenvalue weighted by atomic mass is 10.0. The molecule has 6 heteroatoms. The number of nitrogens with zero attached hydrogens (tertiary/aromatic N) is 3. The number of ether oxygens (including phenoxy) is 2. The molecule has 0 saturated heterocycles. The summed E-state index contributed by atoms with van der Waals surface area (Å²) in [5.41, 5.74) is 5.19. The SMILES string of the molecule is COc1ccc(C2=CC(c3ccccc3OC)n3nc(-c4ccc(C)cc4)nc3N2)cc1. The summed E-state index contributed by atoms with van der Waals surface area (Å²) < 4.78 is 12.9. The van der Waals surface area contributed by atoms with Gasteiger partial charge in [0, 0.05) is 16.8 Å². The van der Waals surface area contributed by atoms with Gasteiger partial charge in [-0.3, -0.25) is 0 Å². The lowest BCUT2D eigenvalue weighted by Gasteiger charge is -2.25. The number of aromatic nitrogens is 3. The van der Waals surface area contributed by atoms with Gasteiger partial charge in [0.05, 0.1) is 14.2 Å². The van der Waals surface area contributed by atoms with Gasteiger partial charge in [0.25, 0.3) is 0 Å². The highest BCUT2D eigenvalue weighted by molar-refractivity contribution is 5.78. The monoisotopic (exact) mass is 424 g/mol. The molecule has 0 saturated carbocycles. The van der Waals surface area contributed by atoms with Gasteiger partial charge in [0.2, 0.25) is 5.95 Å². The van der Waals surface area contributed by atoms with Gasteiger partial charge in [-0.05, 0) is 48.9 Å². The minimum Gasteiger partial charge on any atom is -0.497 e. The van der Waals surface area contributed by atoms with Gasteiger partial charge < -0.3 is 14.8 Å². The Labute approximate surface area is 187 Å². The van der Waals surface area contributed by atoms with Crippen LogP contribution in [0.1, 0.15) is 22.7 Å². The van der Waals surface area contributed by atoms with Crippen LogP contribution in [0.2, 0.25) is 0 Å². The van der Waals surface area contributed by atoms with Crippen LogP contribution in [0.4, 0.5) is 5.95 Å². The van der Waals surface area contributed by atoms with Gasteiger partial charge in [-0.1, -0.05) is 48.0 Å². The Morgan fingerprint density at radius 2 is 1.56 bits per heavy atom. The number of allylic oxidation sites excluding steroid dienone is 1. The number of rotatable bonds is 5. The highest BCUT2D eigenvalue weighted by Crippen LogP contribution is 2.37. The first kappa shape index (κ1) is 19.9. The Balaban J connectivity index is 1.63. The standard InChI is InChI=1S/C26H24N4O2/c1-17-8-10-19(11-9-17)25-28-26-27-22(18-12-14-20(31-2)15-13-18)16-23(30(26)29-25)21-6-4-5-7-24(21)32-3/h4-16,23H,1-3H3,(H,27,28,29). The third kappa shape index (κ3) is 3.60. The van der Waals surface area contributed by atoms with Crippen LogP contribution in [0.15, 0.2) is 78.9 Å². The second-order valence-corrected chi connectivity index (χ2v) is 7.69. The summed E-state index contributed by atoms with van der Waals surface area (Å²) in [6.45, 7) is 2.07. The van der Waals surface area contributed by atoms with Crippen molar-refractivity contribution in [2.45, 2.75) is 13.0 Å². The van der Waals surface area contributed by atoms with Gasteiger partial charge in [-0.15, -0.1) is 5.10 Å². The van der Waals surface area contributed by atoms with Crippen molar-refractivity contribution < 1.29 is 9.47 Å². The van der Waals surface area contributed by atoms with Crippen molar-refractivity contribution in [3.8, 4) is 22.9 Å². The molecule has 0 bridgehead atoms. The maximum Gasteiger partial charge on any atom is 0.227 e. The highest BCUT2D eigenvalue weighted by Gasteiger charge is 2.27. The molecule has 1 N–H and O–H groups in total.